The normalized spacial score (nSPS) is 19.5. The van der Waals surface area contributed by atoms with E-state index < -0.39 is 6.10 Å². The minimum absolute atomic E-state index is 0.0788. The van der Waals surface area contributed by atoms with Crippen LogP contribution in [-0.4, -0.2) is 30.5 Å². The first kappa shape index (κ1) is 12.0. The summed E-state index contributed by atoms with van der Waals surface area (Å²) in [4.78, 5) is 11.8. The number of fused-ring (bicyclic) bond motifs is 1. The second kappa shape index (κ2) is 5.27. The average molecular weight is 256 g/mol. The van der Waals surface area contributed by atoms with Gasteiger partial charge in [-0.25, -0.2) is 0 Å². The summed E-state index contributed by atoms with van der Waals surface area (Å²) in [6, 6.07) is 7.21. The van der Waals surface area contributed by atoms with Crippen molar-refractivity contribution in [1.82, 2.24) is 5.32 Å². The number of rotatable bonds is 3. The molecule has 5 heteroatoms. The van der Waals surface area contributed by atoms with Gasteiger partial charge in [0.25, 0.3) is 5.91 Å². The lowest BCUT2D eigenvalue weighted by atomic mass is 10.2. The number of carbonyl (C=O) groups is 1. The van der Waals surface area contributed by atoms with Gasteiger partial charge in [-0.1, -0.05) is 12.1 Å². The van der Waals surface area contributed by atoms with Crippen LogP contribution in [0.2, 0.25) is 0 Å². The topological polar surface area (TPSA) is 47.6 Å². The van der Waals surface area contributed by atoms with Gasteiger partial charge in [0.2, 0.25) is 6.10 Å². The Kier molecular flexibility index (Phi) is 3.74. The lowest BCUT2D eigenvalue weighted by molar-refractivity contribution is -0.130. The molecule has 0 fully saturated rings. The summed E-state index contributed by atoms with van der Waals surface area (Å²) in [5, 5.41) is 2.75. The molecule has 0 aromatic heterocycles. The third-order valence-corrected chi connectivity index (χ3v) is 2.88. The van der Waals surface area contributed by atoms with Crippen LogP contribution in [0.25, 0.3) is 0 Å². The molecule has 1 aromatic carbocycles. The van der Waals surface area contributed by atoms with E-state index in [9.17, 15) is 4.79 Å². The number of halogens is 1. The van der Waals surface area contributed by atoms with E-state index in [0.717, 1.165) is 0 Å². The van der Waals surface area contributed by atoms with Gasteiger partial charge in [-0.3, -0.25) is 4.79 Å². The highest BCUT2D eigenvalue weighted by molar-refractivity contribution is 6.18. The number of carbonyl (C=O) groups excluding carboxylic acids is 1. The van der Waals surface area contributed by atoms with Crippen LogP contribution in [0.3, 0.4) is 0 Å². The van der Waals surface area contributed by atoms with Crippen LogP contribution in [0.1, 0.15) is 6.92 Å². The third-order valence-electron chi connectivity index (χ3n) is 2.42. The van der Waals surface area contributed by atoms with Crippen molar-refractivity contribution >= 4 is 17.5 Å². The average Bonchev–Trinajstić information content (AvgIpc) is 2.38. The summed E-state index contributed by atoms with van der Waals surface area (Å²) >= 11 is 5.63. The van der Waals surface area contributed by atoms with E-state index in [2.05, 4.69) is 5.32 Å². The van der Waals surface area contributed by atoms with Gasteiger partial charge in [-0.05, 0) is 19.1 Å². The molecule has 0 radical (unpaired) electrons. The zero-order valence-electron chi connectivity index (χ0n) is 9.48. The summed E-state index contributed by atoms with van der Waals surface area (Å²) in [6.07, 6.45) is -0.615. The van der Waals surface area contributed by atoms with Gasteiger partial charge >= 0.3 is 0 Å². The summed E-state index contributed by atoms with van der Waals surface area (Å²) in [5.74, 6) is 1.43. The summed E-state index contributed by atoms with van der Waals surface area (Å²) in [6.45, 7) is 2.06. The molecule has 0 saturated carbocycles. The Morgan fingerprint density at radius 1 is 1.53 bits per heavy atom. The van der Waals surface area contributed by atoms with Crippen LogP contribution in [0.4, 0.5) is 0 Å². The maximum absolute atomic E-state index is 11.8. The van der Waals surface area contributed by atoms with Crippen molar-refractivity contribution < 1.29 is 14.3 Å². The van der Waals surface area contributed by atoms with Crippen LogP contribution in [0, 0.1) is 0 Å². The predicted molar refractivity (Wildman–Crippen MR) is 64.7 cm³/mol. The van der Waals surface area contributed by atoms with Gasteiger partial charge in [-0.2, -0.15) is 0 Å². The molecular weight excluding hydrogens is 242 g/mol. The van der Waals surface area contributed by atoms with Gasteiger partial charge in [-0.15, -0.1) is 11.6 Å². The van der Waals surface area contributed by atoms with Gasteiger partial charge in [0, 0.05) is 11.9 Å². The fourth-order valence-corrected chi connectivity index (χ4v) is 1.60. The monoisotopic (exact) mass is 255 g/mol. The molecule has 0 spiro atoms. The number of nitrogens with one attached hydrogen (secondary N) is 1. The molecule has 2 rings (SSSR count). The molecule has 2 atom stereocenters. The van der Waals surface area contributed by atoms with Crippen molar-refractivity contribution in [2.75, 3.05) is 12.5 Å². The molecule has 1 aromatic rings. The highest BCUT2D eigenvalue weighted by atomic mass is 35.5. The van der Waals surface area contributed by atoms with E-state index >= 15 is 0 Å². The first-order valence-corrected chi connectivity index (χ1v) is 5.99. The molecule has 1 N–H and O–H groups in total. The van der Waals surface area contributed by atoms with E-state index in [1.54, 1.807) is 6.07 Å². The number of hydrogen-bond acceptors (Lipinski definition) is 3. The predicted octanol–water partition coefficient (Wildman–Crippen LogP) is 1.57. The Morgan fingerprint density at radius 2 is 2.24 bits per heavy atom. The maximum Gasteiger partial charge on any atom is 0.264 e. The first-order valence-electron chi connectivity index (χ1n) is 5.45. The summed E-state index contributed by atoms with van der Waals surface area (Å²) in [7, 11) is 0. The Hall–Kier alpha value is -1.42. The molecule has 1 aliphatic rings. The van der Waals surface area contributed by atoms with Crippen molar-refractivity contribution in [3.05, 3.63) is 24.3 Å². The number of hydrogen-bond donors (Lipinski definition) is 1. The Balaban J connectivity index is 2.00. The Bertz CT molecular complexity index is 410. The molecule has 4 nitrogen and oxygen atoms in total. The van der Waals surface area contributed by atoms with Crippen molar-refractivity contribution in [1.29, 1.82) is 0 Å². The standard InChI is InChI=1S/C12H14ClNO3/c1-8(6-13)14-12(15)11-7-16-9-4-2-3-5-10(9)17-11/h2-5,8,11H,6-7H2,1H3,(H,14,15). The lowest BCUT2D eigenvalue weighted by Crippen LogP contribution is -2.47. The molecule has 17 heavy (non-hydrogen) atoms. The zero-order valence-corrected chi connectivity index (χ0v) is 10.2. The summed E-state index contributed by atoms with van der Waals surface area (Å²) < 4.78 is 11.0. The number of para-hydroxylation sites is 2. The van der Waals surface area contributed by atoms with Crippen molar-refractivity contribution in [2.24, 2.45) is 0 Å². The molecular formula is C12H14ClNO3. The van der Waals surface area contributed by atoms with Crippen molar-refractivity contribution in [2.45, 2.75) is 19.1 Å². The number of amides is 1. The van der Waals surface area contributed by atoms with E-state index in [4.69, 9.17) is 21.1 Å². The second-order valence-electron chi connectivity index (χ2n) is 3.93. The number of alkyl halides is 1. The van der Waals surface area contributed by atoms with E-state index in [0.29, 0.717) is 17.4 Å². The quantitative estimate of drug-likeness (QED) is 0.834. The minimum Gasteiger partial charge on any atom is -0.485 e. The van der Waals surface area contributed by atoms with Gasteiger partial charge in [0.05, 0.1) is 0 Å². The van der Waals surface area contributed by atoms with Crippen LogP contribution >= 0.6 is 11.6 Å². The molecule has 1 amide bonds. The van der Waals surface area contributed by atoms with Crippen LogP contribution in [0.5, 0.6) is 11.5 Å². The fourth-order valence-electron chi connectivity index (χ4n) is 1.52. The maximum atomic E-state index is 11.8. The highest BCUT2D eigenvalue weighted by Crippen LogP contribution is 2.30. The fraction of sp³-hybridized carbons (Fsp3) is 0.417. The van der Waals surface area contributed by atoms with Crippen LogP contribution in [-0.2, 0) is 4.79 Å². The van der Waals surface area contributed by atoms with Crippen LogP contribution < -0.4 is 14.8 Å². The van der Waals surface area contributed by atoms with E-state index in [1.807, 2.05) is 25.1 Å². The van der Waals surface area contributed by atoms with E-state index in [1.165, 1.54) is 0 Å². The molecule has 92 valence electrons. The third kappa shape index (κ3) is 2.82. The Labute approximate surface area is 105 Å². The molecule has 1 aliphatic heterocycles. The largest absolute Gasteiger partial charge is 0.485 e. The van der Waals surface area contributed by atoms with E-state index in [-0.39, 0.29) is 18.6 Å². The summed E-state index contributed by atoms with van der Waals surface area (Å²) in [5.41, 5.74) is 0. The SMILES string of the molecule is CC(CCl)NC(=O)C1COc2ccccc2O1. The molecule has 0 aliphatic carbocycles. The highest BCUT2D eigenvalue weighted by Gasteiger charge is 2.27. The molecule has 0 saturated heterocycles. The molecule has 2 unspecified atom stereocenters. The first-order chi connectivity index (χ1) is 8.20. The zero-order chi connectivity index (χ0) is 12.3. The van der Waals surface area contributed by atoms with Gasteiger partial charge in [0.15, 0.2) is 11.5 Å². The number of ether oxygens (including phenoxy) is 2. The van der Waals surface area contributed by atoms with Crippen molar-refractivity contribution in [3.8, 4) is 11.5 Å². The molecule has 1 heterocycles. The lowest BCUT2D eigenvalue weighted by Gasteiger charge is -2.26. The smallest absolute Gasteiger partial charge is 0.264 e. The Morgan fingerprint density at radius 3 is 2.94 bits per heavy atom. The van der Waals surface area contributed by atoms with Crippen LogP contribution in [0.15, 0.2) is 24.3 Å². The minimum atomic E-state index is -0.615. The van der Waals surface area contributed by atoms with Gasteiger partial charge < -0.3 is 14.8 Å². The number of benzene rings is 1. The second-order valence-corrected chi connectivity index (χ2v) is 4.24. The van der Waals surface area contributed by atoms with Gasteiger partial charge in [0.1, 0.15) is 6.61 Å². The van der Waals surface area contributed by atoms with Crippen molar-refractivity contribution in [3.63, 3.8) is 0 Å². The molecule has 0 bridgehead atoms.